The van der Waals surface area contributed by atoms with E-state index >= 15 is 0 Å². The minimum atomic E-state index is -0.435. The van der Waals surface area contributed by atoms with Crippen molar-refractivity contribution in [3.05, 3.63) is 33.3 Å². The lowest BCUT2D eigenvalue weighted by molar-refractivity contribution is -0.380. The molecule has 0 bridgehead atoms. The van der Waals surface area contributed by atoms with Crippen LogP contribution >= 0.6 is 34.4 Å². The van der Waals surface area contributed by atoms with Crippen LogP contribution in [0.1, 0.15) is 5.69 Å². The molecule has 0 unspecified atom stereocenters. The number of hydrogen-bond acceptors (Lipinski definition) is 9. The Bertz CT molecular complexity index is 763. The molecule has 8 nitrogen and oxygen atoms in total. The summed E-state index contributed by atoms with van der Waals surface area (Å²) in [4.78, 5) is 14.6. The summed E-state index contributed by atoms with van der Waals surface area (Å²) < 4.78 is 2.30. The molecule has 3 rings (SSSR count). The van der Waals surface area contributed by atoms with Crippen molar-refractivity contribution < 1.29 is 4.92 Å². The number of rotatable bonds is 4. The molecule has 11 heteroatoms. The number of nitrogens with zero attached hydrogens (tertiary/aromatic N) is 6. The number of tetrazole rings is 1. The van der Waals surface area contributed by atoms with Gasteiger partial charge in [-0.25, -0.2) is 4.98 Å². The average molecular weight is 326 g/mol. The second-order valence-electron chi connectivity index (χ2n) is 3.60. The second kappa shape index (κ2) is 5.26. The molecule has 0 amide bonds. The van der Waals surface area contributed by atoms with E-state index in [-0.39, 0.29) is 5.00 Å². The molecule has 0 N–H and O–H groups in total. The molecule has 102 valence electrons. The van der Waals surface area contributed by atoms with Gasteiger partial charge < -0.3 is 0 Å². The van der Waals surface area contributed by atoms with E-state index in [4.69, 9.17) is 0 Å². The Morgan fingerprint density at radius 2 is 2.30 bits per heavy atom. The molecule has 0 spiro atoms. The standard InChI is InChI=1S/C9H6N6O2S3/c1-5-4-18-9(10-5)20-8-11-12-13-14(8)6-2-3-7(19-6)15(16)17/h2-4H,1H3. The van der Waals surface area contributed by atoms with Gasteiger partial charge in [0.2, 0.25) is 5.16 Å². The second-order valence-corrected chi connectivity index (χ2v) is 6.71. The van der Waals surface area contributed by atoms with Crippen molar-refractivity contribution in [2.75, 3.05) is 0 Å². The van der Waals surface area contributed by atoms with E-state index in [9.17, 15) is 10.1 Å². The van der Waals surface area contributed by atoms with Gasteiger partial charge in [-0.15, -0.1) is 16.4 Å². The molecule has 0 aromatic carbocycles. The minimum absolute atomic E-state index is 0.0524. The molecule has 20 heavy (non-hydrogen) atoms. The fourth-order valence-corrected chi connectivity index (χ4v) is 3.92. The largest absolute Gasteiger partial charge is 0.326 e. The molecular weight excluding hydrogens is 320 g/mol. The highest BCUT2D eigenvalue weighted by atomic mass is 32.2. The molecule has 0 aliphatic carbocycles. The number of nitro groups is 1. The molecule has 0 radical (unpaired) electrons. The van der Waals surface area contributed by atoms with Crippen LogP contribution in [0.15, 0.2) is 27.0 Å². The maximum atomic E-state index is 10.7. The van der Waals surface area contributed by atoms with Crippen molar-refractivity contribution in [2.45, 2.75) is 16.4 Å². The van der Waals surface area contributed by atoms with Crippen LogP contribution in [0.2, 0.25) is 0 Å². The van der Waals surface area contributed by atoms with Crippen molar-refractivity contribution in [1.82, 2.24) is 25.2 Å². The van der Waals surface area contributed by atoms with Gasteiger partial charge in [0.05, 0.1) is 4.92 Å². The van der Waals surface area contributed by atoms with Gasteiger partial charge in [0.15, 0.2) is 4.34 Å². The van der Waals surface area contributed by atoms with Gasteiger partial charge in [-0.2, -0.15) is 4.68 Å². The van der Waals surface area contributed by atoms with Crippen LogP contribution in [0.5, 0.6) is 0 Å². The molecule has 3 aromatic heterocycles. The predicted octanol–water partition coefficient (Wildman–Crippen LogP) is 2.55. The summed E-state index contributed by atoms with van der Waals surface area (Å²) in [5, 5.41) is 25.2. The van der Waals surface area contributed by atoms with Crippen LogP contribution < -0.4 is 0 Å². The fraction of sp³-hybridized carbons (Fsp3) is 0.111. The van der Waals surface area contributed by atoms with Gasteiger partial charge in [0, 0.05) is 17.1 Å². The van der Waals surface area contributed by atoms with Crippen LogP contribution in [0.3, 0.4) is 0 Å². The molecule has 0 aliphatic heterocycles. The Labute approximate surface area is 124 Å². The Morgan fingerprint density at radius 3 is 2.95 bits per heavy atom. The van der Waals surface area contributed by atoms with Gasteiger partial charge in [-0.05, 0) is 46.5 Å². The number of thiazole rings is 1. The molecule has 0 aliphatic rings. The predicted molar refractivity (Wildman–Crippen MR) is 74.7 cm³/mol. The maximum Gasteiger partial charge on any atom is 0.326 e. The SMILES string of the molecule is Cc1csc(Sc2nnnn2-c2ccc([N+](=O)[O-])s2)n1. The first kappa shape index (κ1) is 13.1. The number of thiophene rings is 1. The highest BCUT2D eigenvalue weighted by Gasteiger charge is 2.17. The van der Waals surface area contributed by atoms with Crippen molar-refractivity contribution in [2.24, 2.45) is 0 Å². The van der Waals surface area contributed by atoms with Gasteiger partial charge in [-0.3, -0.25) is 10.1 Å². The summed E-state index contributed by atoms with van der Waals surface area (Å²) in [6, 6.07) is 3.06. The van der Waals surface area contributed by atoms with E-state index in [1.54, 1.807) is 6.07 Å². The monoisotopic (exact) mass is 326 g/mol. The van der Waals surface area contributed by atoms with Crippen molar-refractivity contribution in [3.63, 3.8) is 0 Å². The summed E-state index contributed by atoms with van der Waals surface area (Å²) in [6.45, 7) is 1.91. The normalized spacial score (nSPS) is 10.8. The quantitative estimate of drug-likeness (QED) is 0.536. The third-order valence-corrected chi connectivity index (χ3v) is 5.19. The van der Waals surface area contributed by atoms with Crippen molar-refractivity contribution in [3.8, 4) is 5.00 Å². The summed E-state index contributed by atoms with van der Waals surface area (Å²) in [5.74, 6) is 0. The molecule has 0 saturated heterocycles. The number of aryl methyl sites for hydroxylation is 1. The van der Waals surface area contributed by atoms with Gasteiger partial charge in [-0.1, -0.05) is 0 Å². The fourth-order valence-electron chi connectivity index (χ4n) is 1.37. The Balaban J connectivity index is 1.91. The maximum absolute atomic E-state index is 10.7. The van der Waals surface area contributed by atoms with Crippen molar-refractivity contribution in [1.29, 1.82) is 0 Å². The van der Waals surface area contributed by atoms with E-state index in [0.29, 0.717) is 10.2 Å². The third kappa shape index (κ3) is 2.55. The lowest BCUT2D eigenvalue weighted by Crippen LogP contribution is -1.95. The molecule has 0 fully saturated rings. The van der Waals surface area contributed by atoms with Gasteiger partial charge in [0.25, 0.3) is 0 Å². The lowest BCUT2D eigenvalue weighted by atomic mass is 10.6. The topological polar surface area (TPSA) is 99.6 Å². The van der Waals surface area contributed by atoms with Crippen LogP contribution in [-0.4, -0.2) is 30.1 Å². The molecule has 0 saturated carbocycles. The minimum Gasteiger partial charge on any atom is -0.258 e. The van der Waals surface area contributed by atoms with Gasteiger partial charge >= 0.3 is 5.00 Å². The Kier molecular flexibility index (Phi) is 3.46. The Morgan fingerprint density at radius 1 is 1.45 bits per heavy atom. The molecule has 0 atom stereocenters. The summed E-state index contributed by atoms with van der Waals surface area (Å²) in [7, 11) is 0. The Hall–Kier alpha value is -1.85. The first-order chi connectivity index (χ1) is 9.63. The molecule has 3 heterocycles. The lowest BCUT2D eigenvalue weighted by Gasteiger charge is -1.97. The van der Waals surface area contributed by atoms with Crippen molar-refractivity contribution >= 4 is 39.4 Å². The number of aromatic nitrogens is 5. The smallest absolute Gasteiger partial charge is 0.258 e. The van der Waals surface area contributed by atoms with Crippen LogP contribution in [0.4, 0.5) is 5.00 Å². The highest BCUT2D eigenvalue weighted by Crippen LogP contribution is 2.32. The summed E-state index contributed by atoms with van der Waals surface area (Å²) >= 11 is 3.84. The molecular formula is C9H6N6O2S3. The molecule has 3 aromatic rings. The van der Waals surface area contributed by atoms with E-state index in [1.807, 2.05) is 12.3 Å². The van der Waals surface area contributed by atoms with Gasteiger partial charge in [0.1, 0.15) is 5.00 Å². The first-order valence-corrected chi connectivity index (χ1v) is 7.78. The third-order valence-electron chi connectivity index (χ3n) is 2.18. The van der Waals surface area contributed by atoms with E-state index in [2.05, 4.69) is 20.5 Å². The zero-order chi connectivity index (χ0) is 14.1. The van der Waals surface area contributed by atoms with E-state index < -0.39 is 4.92 Å². The highest BCUT2D eigenvalue weighted by molar-refractivity contribution is 8.00. The van der Waals surface area contributed by atoms with Crippen LogP contribution in [0.25, 0.3) is 5.00 Å². The zero-order valence-electron chi connectivity index (χ0n) is 9.96. The van der Waals surface area contributed by atoms with E-state index in [1.165, 1.54) is 33.8 Å². The first-order valence-electron chi connectivity index (χ1n) is 5.26. The zero-order valence-corrected chi connectivity index (χ0v) is 12.4. The van der Waals surface area contributed by atoms with E-state index in [0.717, 1.165) is 21.4 Å². The van der Waals surface area contributed by atoms with Crippen LogP contribution in [0, 0.1) is 17.0 Å². The van der Waals surface area contributed by atoms with Crippen LogP contribution in [-0.2, 0) is 0 Å². The average Bonchev–Trinajstić information content (AvgIpc) is 3.10. The number of hydrogen-bond donors (Lipinski definition) is 0. The summed E-state index contributed by atoms with van der Waals surface area (Å²) in [5.41, 5.74) is 0.934. The summed E-state index contributed by atoms with van der Waals surface area (Å²) in [6.07, 6.45) is 0.